The summed E-state index contributed by atoms with van der Waals surface area (Å²) in [4.78, 5) is 82.1. The number of carbonyl (C=O) groups is 7. The third kappa shape index (κ3) is 82.2. The third-order valence-corrected chi connectivity index (χ3v) is 20.4. The van der Waals surface area contributed by atoms with Crippen molar-refractivity contribution < 1.29 is 68.2 Å². The zero-order valence-electron chi connectivity index (χ0n) is 93.3. The molecule has 0 unspecified atom stereocenters. The molecule has 0 spiro atoms. The van der Waals surface area contributed by atoms with Gasteiger partial charge in [0.2, 0.25) is 11.9 Å². The Bertz CT molecular complexity index is 5160. The molecular weight excluding hydrogens is 1910 g/mol. The number of aliphatic carboxylic acids is 3. The number of halogens is 1. The lowest BCUT2D eigenvalue weighted by Gasteiger charge is -2.18. The number of nitrogens with one attached hydrogen (secondary N) is 5. The highest BCUT2D eigenvalue weighted by molar-refractivity contribution is 9.10. The molecule has 0 bridgehead atoms. The Hall–Kier alpha value is -12.6. The number of nitrogens with zero attached hydrogens (tertiary/aromatic N) is 3. The number of unbranched alkanes of at least 4 members (excludes halogenated alkanes) is 2. The molecule has 1 heterocycles. The Labute approximate surface area is 894 Å². The summed E-state index contributed by atoms with van der Waals surface area (Å²) in [6.07, 6.45) is 18.4. The number of rotatable bonds is 37. The number of carboxylic acids is 3. The Morgan fingerprint density at radius 3 is 1.35 bits per heavy atom. The smallest absolute Gasteiger partial charge is 0.406 e. The number of anilines is 1. The van der Waals surface area contributed by atoms with Gasteiger partial charge >= 0.3 is 36.0 Å². The molecule has 147 heavy (non-hydrogen) atoms. The van der Waals surface area contributed by atoms with E-state index in [0.29, 0.717) is 103 Å². The van der Waals surface area contributed by atoms with Gasteiger partial charge in [0.15, 0.2) is 0 Å². The van der Waals surface area contributed by atoms with E-state index >= 15 is 0 Å². The van der Waals surface area contributed by atoms with Crippen LogP contribution in [0, 0.1) is 94.7 Å². The van der Waals surface area contributed by atoms with Gasteiger partial charge in [0.05, 0.1) is 35.9 Å². The number of methoxy groups -OCH3 is 2. The predicted molar refractivity (Wildman–Crippen MR) is 614 cm³/mol. The molecule has 1 aromatic heterocycles. The summed E-state index contributed by atoms with van der Waals surface area (Å²) >= 11 is 3.27. The van der Waals surface area contributed by atoms with Crippen LogP contribution in [0.5, 0.6) is 11.5 Å². The lowest BCUT2D eigenvalue weighted by atomic mass is 9.88. The number of benzene rings is 8. The van der Waals surface area contributed by atoms with Gasteiger partial charge in [0.25, 0.3) is 0 Å². The molecule has 9 aromatic rings. The van der Waals surface area contributed by atoms with Crippen LogP contribution in [0.3, 0.4) is 0 Å². The molecular formula is C124H183BrN8O14. The van der Waals surface area contributed by atoms with Crippen molar-refractivity contribution in [2.24, 2.45) is 64.6 Å². The maximum absolute atomic E-state index is 11.4. The molecule has 0 fully saturated rings. The first-order chi connectivity index (χ1) is 68.9. The molecule has 0 saturated carbocycles. The minimum Gasteiger partial charge on any atom is -0.508 e. The minimum atomic E-state index is -0.916. The van der Waals surface area contributed by atoms with Gasteiger partial charge in [-0.15, -0.1) is 0 Å². The number of nitriles is 1. The number of carbonyl (C=O) groups excluding carboxylic acids is 4. The zero-order valence-corrected chi connectivity index (χ0v) is 94.9. The second-order valence-electron chi connectivity index (χ2n) is 41.1. The van der Waals surface area contributed by atoms with Gasteiger partial charge in [-0.3, -0.25) is 14.4 Å². The van der Waals surface area contributed by atoms with E-state index in [1.165, 1.54) is 77.6 Å². The number of urea groups is 1. The van der Waals surface area contributed by atoms with Crippen LogP contribution in [0.4, 0.5) is 15.5 Å². The topological polar surface area (TPSA) is 338 Å². The fourth-order valence-electron chi connectivity index (χ4n) is 13.2. The second kappa shape index (κ2) is 83.4. The number of hydrogen-bond acceptors (Lipinski definition) is 15. The summed E-state index contributed by atoms with van der Waals surface area (Å²) in [6.45, 7) is 59.3. The lowest BCUT2D eigenvalue weighted by Crippen LogP contribution is -2.37. The second-order valence-corrected chi connectivity index (χ2v) is 42.0. The van der Waals surface area contributed by atoms with E-state index in [9.17, 15) is 38.7 Å². The SMILES string of the molecule is C.CC(=O)NCC(C)C.CC(C)CNc1ncc(Br)cn1.CC(C)Cc1ccc(/C=C/C(=O)O)cc1.CC(C)Cc1cccc(C#N)c1.CC(C)Cc1ccccc1CCC(=O)O.CC(C)Cc1ccccc1CCCCCC(=O)O.CC(C)Cc1ccccc1O.CCNC(=O)NCC(C)C.COC(=O)NCC(C)C.COC(=O)c1ccc(C#CCOc2ccc(CC(C)(C)C)cc2)cc1.Cc1ccc(CC(C)C)cc1. The van der Waals surface area contributed by atoms with Crippen LogP contribution in [-0.4, -0.2) is 126 Å². The molecule has 9 N–H and O–H groups in total. The summed E-state index contributed by atoms with van der Waals surface area (Å²) in [5.74, 6) is 11.4. The fraction of sp³-hybridized carbons (Fsp3) is 0.484. The molecule has 22 nitrogen and oxygen atoms in total. The first kappa shape index (κ1) is 139. The lowest BCUT2D eigenvalue weighted by molar-refractivity contribution is -0.138. The van der Waals surface area contributed by atoms with Crippen LogP contribution in [0.15, 0.2) is 217 Å². The van der Waals surface area contributed by atoms with Gasteiger partial charge in [-0.05, 0) is 281 Å². The van der Waals surface area contributed by atoms with Crippen LogP contribution in [-0.2, 0) is 86.4 Å². The number of ether oxygens (including phenoxy) is 3. The van der Waals surface area contributed by atoms with E-state index in [-0.39, 0.29) is 43.3 Å². The zero-order chi connectivity index (χ0) is 110. The van der Waals surface area contributed by atoms with Gasteiger partial charge in [0.1, 0.15) is 18.1 Å². The Kier molecular flexibility index (Phi) is 78.6. The highest BCUT2D eigenvalue weighted by Crippen LogP contribution is 2.25. The van der Waals surface area contributed by atoms with Crippen LogP contribution >= 0.6 is 15.9 Å². The van der Waals surface area contributed by atoms with E-state index in [2.05, 4.69) is 305 Å². The molecule has 9 rings (SSSR count). The largest absolute Gasteiger partial charge is 0.508 e. The number of alkyl carbamates (subject to hydrolysis) is 1. The number of phenolic OH excluding ortho intramolecular Hbond substituents is 1. The quantitative estimate of drug-likeness (QED) is 0.00756. The summed E-state index contributed by atoms with van der Waals surface area (Å²) < 4.78 is 15.6. The molecule has 0 saturated heterocycles. The van der Waals surface area contributed by atoms with Gasteiger partial charge in [-0.25, -0.2) is 29.1 Å². The highest BCUT2D eigenvalue weighted by atomic mass is 79.9. The predicted octanol–water partition coefficient (Wildman–Crippen LogP) is 28.7. The Balaban J connectivity index is -0.00000157. The average Bonchev–Trinajstić information content (AvgIpc) is 0.840. The van der Waals surface area contributed by atoms with Gasteiger partial charge in [-0.2, -0.15) is 5.26 Å². The molecule has 0 aliphatic rings. The fourth-order valence-corrected chi connectivity index (χ4v) is 13.4. The molecule has 0 radical (unpaired) electrons. The maximum Gasteiger partial charge on any atom is 0.406 e. The summed E-state index contributed by atoms with van der Waals surface area (Å²) in [5.41, 5.74) is 16.3. The first-order valence-electron chi connectivity index (χ1n) is 51.4. The van der Waals surface area contributed by atoms with Crippen molar-refractivity contribution in [3.05, 3.63) is 295 Å². The van der Waals surface area contributed by atoms with E-state index in [0.717, 1.165) is 128 Å². The molecule has 0 aliphatic heterocycles. The molecule has 0 atom stereocenters. The van der Waals surface area contributed by atoms with Crippen molar-refractivity contribution in [2.75, 3.05) is 58.9 Å². The van der Waals surface area contributed by atoms with Crippen molar-refractivity contribution in [3.8, 4) is 29.4 Å². The van der Waals surface area contributed by atoms with Crippen molar-refractivity contribution in [3.63, 3.8) is 0 Å². The highest BCUT2D eigenvalue weighted by Gasteiger charge is 2.14. The van der Waals surface area contributed by atoms with Crippen molar-refractivity contribution in [1.82, 2.24) is 31.2 Å². The van der Waals surface area contributed by atoms with Gasteiger partial charge in [0, 0.05) is 76.5 Å². The number of hydrogen-bond donors (Lipinski definition) is 9. The van der Waals surface area contributed by atoms with E-state index in [1.54, 1.807) is 48.8 Å². The number of esters is 1. The molecule has 23 heteroatoms. The van der Waals surface area contributed by atoms with Gasteiger partial charge < -0.3 is 61.2 Å². The number of aromatic nitrogens is 2. The molecule has 4 amide bonds. The standard InChI is InChI=1S/C22H24O3.C16H24O2.C13H16O2.C13H18O2.C11H13N.C11H16.C10H14O.C8H12BrN3.C7H16N2O.C6H13NO2.C6H13NO.CH4/c1-22(2,3)16-18-9-13-20(14-10-18)25-15-5-6-17-7-11-19(12-8-17)21(23)24-4;1-13(2)12-15-10-7-6-9-14(15)8-4-3-5-11-16(17)18;1-10(2)9-12-5-3-11(4-6-12)7-8-13(14)15;1-10(2)9-12-6-4-3-5-11(12)7-8-13(14)15;1-9(2)6-10-4-3-5-11(7-10)8-12;1-9(2)8-11-6-4-10(3)5-7-11;1-8(2)7-9-5-3-4-6-10(9)11;1-6(2)3-10-8-11-4-7(9)5-12-8;1-4-8-7(10)9-5-6(2)3;1-5(2)4-7-6(8)9-3;1-5(2)4-7-6(3)8;/h7-14H,15-16H2,1-4H3;6-7,9-10,13H,3-5,8,11-12H2,1-2H3,(H,17,18);3-8,10H,9H2,1-2H3,(H,14,15);3-6,10H,7-9H2,1-2H3,(H,14,15);3-5,7,9H,6H2,1-2H3;4-7,9H,8H2,1-3H3;3-6,8,11H,7H2,1-2H3;4-6H,3H2,1-2H3,(H,10,11,12);6H,4-5H2,1-3H3,(H2,8,9,10);5H,4H2,1-3H3,(H,7,8);5H,4H2,1-3H3,(H,7,8);1H4/b;;8-7+;;;;;;;;;. The number of amides is 4. The number of phenols is 1. The molecule has 810 valence electrons. The normalized spacial score (nSPS) is 10.3. The van der Waals surface area contributed by atoms with Crippen LogP contribution in [0.1, 0.15) is 295 Å². The van der Waals surface area contributed by atoms with Crippen molar-refractivity contribution in [1.29, 1.82) is 5.26 Å². The molecule has 0 aliphatic carbocycles. The number of aromatic hydroxyl groups is 1. The Morgan fingerprint density at radius 2 is 0.912 bits per heavy atom. The van der Waals surface area contributed by atoms with Crippen molar-refractivity contribution >= 4 is 69.9 Å². The summed E-state index contributed by atoms with van der Waals surface area (Å²) in [5, 5.41) is 57.5. The Morgan fingerprint density at radius 1 is 0.463 bits per heavy atom. The average molecular weight is 2090 g/mol. The van der Waals surface area contributed by atoms with E-state index in [4.69, 9.17) is 25.3 Å². The van der Waals surface area contributed by atoms with E-state index < -0.39 is 17.9 Å². The summed E-state index contributed by atoms with van der Waals surface area (Å²) in [6, 6.07) is 66.0. The van der Waals surface area contributed by atoms with E-state index in [1.807, 2.05) is 112 Å². The maximum atomic E-state index is 11.4. The number of aryl methyl sites for hydroxylation is 3. The minimum absolute atomic E-state index is 0. The van der Waals surface area contributed by atoms with Crippen LogP contribution in [0.2, 0.25) is 0 Å². The van der Waals surface area contributed by atoms with Crippen molar-refractivity contribution in [2.45, 2.75) is 277 Å². The van der Waals surface area contributed by atoms with Gasteiger partial charge in [-0.1, -0.05) is 330 Å². The number of carboxylic acid groups (broad SMARTS) is 3. The number of para-hydroxylation sites is 1. The van der Waals surface area contributed by atoms with Crippen LogP contribution < -0.4 is 31.3 Å². The summed E-state index contributed by atoms with van der Waals surface area (Å²) in [7, 11) is 2.72. The molecule has 8 aromatic carbocycles. The monoisotopic (exact) mass is 2090 g/mol. The van der Waals surface area contributed by atoms with Crippen LogP contribution in [0.25, 0.3) is 6.08 Å². The third-order valence-electron chi connectivity index (χ3n) is 20.0. The first-order valence-corrected chi connectivity index (χ1v) is 52.2.